The molecule has 0 unspecified atom stereocenters. The highest BCUT2D eigenvalue weighted by Crippen LogP contribution is 2.41. The number of hydrogen-bond donors (Lipinski definition) is 1. The Bertz CT molecular complexity index is 683. The zero-order chi connectivity index (χ0) is 19.1. The molecule has 1 fully saturated rings. The smallest absolute Gasteiger partial charge is 0.118 e. The minimum atomic E-state index is 0.210. The molecule has 0 spiro atoms. The molecule has 0 saturated carbocycles. The molecule has 0 aromatic heterocycles. The Kier molecular flexibility index (Phi) is 6.92. The normalized spacial score (nSPS) is 22.7. The average molecular weight is 368 g/mol. The minimum absolute atomic E-state index is 0.210. The molecule has 146 valence electrons. The molecular formula is C24H33NO2. The molecule has 3 nitrogen and oxygen atoms in total. The molecule has 0 bridgehead atoms. The largest absolute Gasteiger partial charge is 0.497 e. The van der Waals surface area contributed by atoms with Crippen LogP contribution in [0.4, 0.5) is 0 Å². The molecule has 0 amide bonds. The Morgan fingerprint density at radius 1 is 1.11 bits per heavy atom. The third kappa shape index (κ3) is 5.12. The Morgan fingerprint density at radius 2 is 1.85 bits per heavy atom. The molecule has 3 heteroatoms. The first-order chi connectivity index (χ1) is 13.1. The predicted octanol–water partition coefficient (Wildman–Crippen LogP) is 4.95. The molecule has 3 rings (SSSR count). The lowest BCUT2D eigenvalue weighted by atomic mass is 9.68. The molecular weight excluding hydrogens is 334 g/mol. The fourth-order valence-electron chi connectivity index (χ4n) is 4.11. The van der Waals surface area contributed by atoms with E-state index in [0.717, 1.165) is 44.7 Å². The number of ether oxygens (including phenoxy) is 2. The molecule has 1 aliphatic heterocycles. The Balaban J connectivity index is 1.63. The zero-order valence-corrected chi connectivity index (χ0v) is 16.9. The molecule has 1 saturated heterocycles. The molecule has 0 aliphatic carbocycles. The first kappa shape index (κ1) is 19.9. The summed E-state index contributed by atoms with van der Waals surface area (Å²) in [4.78, 5) is 0. The van der Waals surface area contributed by atoms with Gasteiger partial charge in [0.25, 0.3) is 0 Å². The molecule has 2 atom stereocenters. The van der Waals surface area contributed by atoms with Crippen molar-refractivity contribution in [2.45, 2.75) is 51.2 Å². The molecule has 1 heterocycles. The van der Waals surface area contributed by atoms with Crippen molar-refractivity contribution in [2.75, 3.05) is 20.3 Å². The SMILES string of the molecule is COc1ccc(CNCC[C@]2(c3ccccc3)CCO[C@@H](C(C)C)C2)cc1. The number of rotatable bonds is 8. The van der Waals surface area contributed by atoms with Crippen LogP contribution in [0.1, 0.15) is 44.2 Å². The van der Waals surface area contributed by atoms with Gasteiger partial charge in [0.2, 0.25) is 0 Å². The van der Waals surface area contributed by atoms with E-state index in [9.17, 15) is 0 Å². The topological polar surface area (TPSA) is 30.5 Å². The van der Waals surface area contributed by atoms with Crippen molar-refractivity contribution in [2.24, 2.45) is 5.92 Å². The molecule has 0 radical (unpaired) electrons. The van der Waals surface area contributed by atoms with Gasteiger partial charge in [0.15, 0.2) is 0 Å². The lowest BCUT2D eigenvalue weighted by molar-refractivity contribution is -0.0469. The monoisotopic (exact) mass is 367 g/mol. The van der Waals surface area contributed by atoms with Crippen LogP contribution >= 0.6 is 0 Å². The second-order valence-corrected chi connectivity index (χ2v) is 8.03. The van der Waals surface area contributed by atoms with Gasteiger partial charge in [-0.2, -0.15) is 0 Å². The summed E-state index contributed by atoms with van der Waals surface area (Å²) in [6.07, 6.45) is 3.70. The van der Waals surface area contributed by atoms with E-state index in [4.69, 9.17) is 9.47 Å². The number of nitrogens with one attached hydrogen (secondary N) is 1. The summed E-state index contributed by atoms with van der Waals surface area (Å²) in [5, 5.41) is 3.64. The van der Waals surface area contributed by atoms with Crippen LogP contribution in [0.25, 0.3) is 0 Å². The van der Waals surface area contributed by atoms with Gasteiger partial charge >= 0.3 is 0 Å². The van der Waals surface area contributed by atoms with Gasteiger partial charge in [-0.05, 0) is 55.0 Å². The number of benzene rings is 2. The summed E-state index contributed by atoms with van der Waals surface area (Å²) in [7, 11) is 1.70. The summed E-state index contributed by atoms with van der Waals surface area (Å²) in [6, 6.07) is 19.3. The molecule has 1 aliphatic rings. The van der Waals surface area contributed by atoms with Crippen molar-refractivity contribution in [3.05, 3.63) is 65.7 Å². The van der Waals surface area contributed by atoms with Gasteiger partial charge in [0.1, 0.15) is 5.75 Å². The van der Waals surface area contributed by atoms with Crippen LogP contribution in [0.2, 0.25) is 0 Å². The molecule has 27 heavy (non-hydrogen) atoms. The summed E-state index contributed by atoms with van der Waals surface area (Å²) in [5.74, 6) is 1.46. The van der Waals surface area contributed by atoms with Crippen LogP contribution in [0.3, 0.4) is 0 Å². The lowest BCUT2D eigenvalue weighted by Gasteiger charge is -2.43. The molecule has 2 aromatic rings. The summed E-state index contributed by atoms with van der Waals surface area (Å²) in [5.41, 5.74) is 2.96. The first-order valence-corrected chi connectivity index (χ1v) is 10.1. The standard InChI is InChI=1S/C24H33NO2/c1-19(2)23-17-24(14-16-27-23,21-7-5-4-6-8-21)13-15-25-18-20-9-11-22(26-3)12-10-20/h4-12,19,23,25H,13-18H2,1-3H3/t23-,24+/m1/s1. The van der Waals surface area contributed by atoms with Crippen molar-refractivity contribution in [3.8, 4) is 5.75 Å². The van der Waals surface area contributed by atoms with E-state index >= 15 is 0 Å². The van der Waals surface area contributed by atoms with Crippen molar-refractivity contribution >= 4 is 0 Å². The highest BCUT2D eigenvalue weighted by Gasteiger charge is 2.38. The Morgan fingerprint density at radius 3 is 2.52 bits per heavy atom. The van der Waals surface area contributed by atoms with Gasteiger partial charge in [-0.1, -0.05) is 56.3 Å². The fraction of sp³-hybridized carbons (Fsp3) is 0.500. The zero-order valence-electron chi connectivity index (χ0n) is 16.9. The van der Waals surface area contributed by atoms with E-state index in [-0.39, 0.29) is 5.41 Å². The third-order valence-corrected chi connectivity index (χ3v) is 5.90. The van der Waals surface area contributed by atoms with E-state index in [2.05, 4.69) is 61.6 Å². The number of methoxy groups -OCH3 is 1. The van der Waals surface area contributed by atoms with Gasteiger partial charge in [-0.15, -0.1) is 0 Å². The Hall–Kier alpha value is -1.84. The lowest BCUT2D eigenvalue weighted by Crippen LogP contribution is -2.42. The second-order valence-electron chi connectivity index (χ2n) is 8.03. The highest BCUT2D eigenvalue weighted by atomic mass is 16.5. The quantitative estimate of drug-likeness (QED) is 0.670. The third-order valence-electron chi connectivity index (χ3n) is 5.90. The van der Waals surface area contributed by atoms with Crippen molar-refractivity contribution in [3.63, 3.8) is 0 Å². The van der Waals surface area contributed by atoms with Gasteiger partial charge in [0, 0.05) is 18.6 Å². The van der Waals surface area contributed by atoms with Crippen LogP contribution < -0.4 is 10.1 Å². The summed E-state index contributed by atoms with van der Waals surface area (Å²) in [6.45, 7) is 7.29. The van der Waals surface area contributed by atoms with Crippen molar-refractivity contribution < 1.29 is 9.47 Å². The minimum Gasteiger partial charge on any atom is -0.497 e. The van der Waals surface area contributed by atoms with Crippen molar-refractivity contribution in [1.82, 2.24) is 5.32 Å². The maximum atomic E-state index is 6.08. The van der Waals surface area contributed by atoms with Crippen LogP contribution in [0, 0.1) is 5.92 Å². The second kappa shape index (κ2) is 9.38. The van der Waals surface area contributed by atoms with Gasteiger partial charge < -0.3 is 14.8 Å². The maximum absolute atomic E-state index is 6.08. The predicted molar refractivity (Wildman–Crippen MR) is 111 cm³/mol. The first-order valence-electron chi connectivity index (χ1n) is 10.1. The van der Waals surface area contributed by atoms with E-state index in [0.29, 0.717) is 12.0 Å². The maximum Gasteiger partial charge on any atom is 0.118 e. The Labute approximate surface area is 164 Å². The van der Waals surface area contributed by atoms with Crippen LogP contribution in [-0.4, -0.2) is 26.4 Å². The van der Waals surface area contributed by atoms with Gasteiger partial charge in [0.05, 0.1) is 13.2 Å². The van der Waals surface area contributed by atoms with Crippen LogP contribution in [0.15, 0.2) is 54.6 Å². The van der Waals surface area contributed by atoms with E-state index in [1.54, 1.807) is 7.11 Å². The number of hydrogen-bond acceptors (Lipinski definition) is 3. The van der Waals surface area contributed by atoms with E-state index in [1.807, 2.05) is 12.1 Å². The van der Waals surface area contributed by atoms with Crippen molar-refractivity contribution in [1.29, 1.82) is 0 Å². The van der Waals surface area contributed by atoms with Crippen LogP contribution in [-0.2, 0) is 16.7 Å². The fourth-order valence-corrected chi connectivity index (χ4v) is 4.11. The average Bonchev–Trinajstić information content (AvgIpc) is 2.72. The highest BCUT2D eigenvalue weighted by molar-refractivity contribution is 5.28. The van der Waals surface area contributed by atoms with Gasteiger partial charge in [-0.3, -0.25) is 0 Å². The molecule has 1 N–H and O–H groups in total. The van der Waals surface area contributed by atoms with Crippen LogP contribution in [0.5, 0.6) is 5.75 Å². The summed E-state index contributed by atoms with van der Waals surface area (Å²) >= 11 is 0. The van der Waals surface area contributed by atoms with Gasteiger partial charge in [-0.25, -0.2) is 0 Å². The summed E-state index contributed by atoms with van der Waals surface area (Å²) < 4.78 is 11.3. The van der Waals surface area contributed by atoms with E-state index in [1.165, 1.54) is 11.1 Å². The van der Waals surface area contributed by atoms with E-state index < -0.39 is 0 Å². The molecule has 2 aromatic carbocycles.